The highest BCUT2D eigenvalue weighted by Crippen LogP contribution is 2.43. The molecule has 248 valence electrons. The average Bonchev–Trinajstić information content (AvgIpc) is 3.64. The Morgan fingerprint density at radius 2 is 1.00 bits per heavy atom. The Morgan fingerprint density at radius 3 is 1.72 bits per heavy atom. The first kappa shape index (κ1) is 30.6. The summed E-state index contributed by atoms with van der Waals surface area (Å²) in [6.07, 6.45) is 3.59. The van der Waals surface area contributed by atoms with E-state index in [2.05, 4.69) is 125 Å². The van der Waals surface area contributed by atoms with Crippen LogP contribution in [-0.2, 0) is 0 Å². The molecule has 0 atom stereocenters. The van der Waals surface area contributed by atoms with E-state index in [4.69, 9.17) is 14.4 Å². The summed E-state index contributed by atoms with van der Waals surface area (Å²) in [5.41, 5.74) is 14.2. The van der Waals surface area contributed by atoms with Crippen molar-refractivity contribution in [3.05, 3.63) is 182 Å². The van der Waals surface area contributed by atoms with Crippen LogP contribution < -0.4 is 0 Å². The first-order chi connectivity index (χ1) is 26.3. The summed E-state index contributed by atoms with van der Waals surface area (Å²) in [4.78, 5) is 19.4. The minimum Gasteiger partial charge on any atom is -0.454 e. The molecule has 0 N–H and O–H groups in total. The van der Waals surface area contributed by atoms with Gasteiger partial charge >= 0.3 is 0 Å². The van der Waals surface area contributed by atoms with E-state index in [-0.39, 0.29) is 0 Å². The smallest absolute Gasteiger partial charge is 0.162 e. The molecule has 0 saturated carbocycles. The van der Waals surface area contributed by atoms with Gasteiger partial charge in [-0.05, 0) is 88.0 Å². The second kappa shape index (κ2) is 12.8. The van der Waals surface area contributed by atoms with E-state index in [1.807, 2.05) is 54.6 Å². The number of furan rings is 1. The van der Waals surface area contributed by atoms with Crippen molar-refractivity contribution in [1.29, 1.82) is 0 Å². The zero-order valence-electron chi connectivity index (χ0n) is 28.5. The Kier molecular flexibility index (Phi) is 7.40. The van der Waals surface area contributed by atoms with Crippen molar-refractivity contribution < 1.29 is 4.42 Å². The second-order valence-electron chi connectivity index (χ2n) is 13.0. The Morgan fingerprint density at radius 1 is 0.377 bits per heavy atom. The third-order valence-electron chi connectivity index (χ3n) is 9.79. The van der Waals surface area contributed by atoms with E-state index >= 15 is 0 Å². The molecule has 0 saturated heterocycles. The van der Waals surface area contributed by atoms with Crippen LogP contribution in [0.5, 0.6) is 0 Å². The van der Waals surface area contributed by atoms with E-state index in [0.717, 1.165) is 100 Å². The molecule has 5 aromatic carbocycles. The molecule has 0 aliphatic rings. The monoisotopic (exact) mass is 678 g/mol. The first-order valence-electron chi connectivity index (χ1n) is 17.6. The second-order valence-corrected chi connectivity index (χ2v) is 13.0. The summed E-state index contributed by atoms with van der Waals surface area (Å²) >= 11 is 0. The molecule has 5 heteroatoms. The molecule has 0 fully saturated rings. The first-order valence-corrected chi connectivity index (χ1v) is 17.6. The highest BCUT2D eigenvalue weighted by molar-refractivity contribution is 6.24. The molecule has 10 aromatic rings. The fourth-order valence-electron chi connectivity index (χ4n) is 7.27. The molecule has 0 radical (unpaired) electrons. The normalized spacial score (nSPS) is 11.4. The zero-order chi connectivity index (χ0) is 35.1. The number of para-hydroxylation sites is 1. The van der Waals surface area contributed by atoms with Crippen LogP contribution in [0, 0.1) is 0 Å². The predicted molar refractivity (Wildman–Crippen MR) is 215 cm³/mol. The third-order valence-corrected chi connectivity index (χ3v) is 9.79. The van der Waals surface area contributed by atoms with Gasteiger partial charge in [-0.2, -0.15) is 0 Å². The summed E-state index contributed by atoms with van der Waals surface area (Å²) in [6, 6.07) is 58.4. The quantitative estimate of drug-likeness (QED) is 0.175. The zero-order valence-corrected chi connectivity index (χ0v) is 28.5. The standard InChI is InChI=1S/C48H30N4O/c1-2-12-33(13-3-1)37-17-11-20-41-45(37)46-38-16-4-5-21-44(38)53-48(46)47(52-41)35-15-10-14-34(28-35)31-22-24-32(25-23-31)36-29-42(39-18-6-8-26-49-39)51-43(30-36)40-19-7-9-27-50-40/h1-30H. The predicted octanol–water partition coefficient (Wildman–Crippen LogP) is 12.3. The van der Waals surface area contributed by atoms with Gasteiger partial charge in [-0.1, -0.05) is 115 Å². The number of hydrogen-bond donors (Lipinski definition) is 0. The number of pyridine rings is 4. The molecule has 0 spiro atoms. The van der Waals surface area contributed by atoms with Crippen molar-refractivity contribution in [2.45, 2.75) is 0 Å². The molecule has 5 nitrogen and oxygen atoms in total. The molecule has 0 aliphatic carbocycles. The van der Waals surface area contributed by atoms with Gasteiger partial charge in [-0.3, -0.25) is 9.97 Å². The lowest BCUT2D eigenvalue weighted by Crippen LogP contribution is -1.94. The molecule has 0 bridgehead atoms. The van der Waals surface area contributed by atoms with Gasteiger partial charge in [0.1, 0.15) is 11.3 Å². The van der Waals surface area contributed by atoms with E-state index in [9.17, 15) is 0 Å². The van der Waals surface area contributed by atoms with Gasteiger partial charge in [-0.25, -0.2) is 9.97 Å². The maximum atomic E-state index is 6.65. The minimum absolute atomic E-state index is 0.791. The number of aromatic nitrogens is 4. The van der Waals surface area contributed by atoms with Gasteiger partial charge in [0.05, 0.1) is 28.3 Å². The summed E-state index contributed by atoms with van der Waals surface area (Å²) < 4.78 is 6.65. The average molecular weight is 679 g/mol. The maximum absolute atomic E-state index is 6.65. The van der Waals surface area contributed by atoms with Gasteiger partial charge in [0.15, 0.2) is 5.58 Å². The summed E-state index contributed by atoms with van der Waals surface area (Å²) in [7, 11) is 0. The van der Waals surface area contributed by atoms with Crippen molar-refractivity contribution in [3.8, 4) is 67.4 Å². The van der Waals surface area contributed by atoms with Gasteiger partial charge in [0, 0.05) is 34.1 Å². The lowest BCUT2D eigenvalue weighted by atomic mass is 9.94. The van der Waals surface area contributed by atoms with Gasteiger partial charge in [-0.15, -0.1) is 0 Å². The molecule has 53 heavy (non-hydrogen) atoms. The Bertz CT molecular complexity index is 2860. The Balaban J connectivity index is 1.07. The van der Waals surface area contributed by atoms with E-state index in [1.165, 1.54) is 0 Å². The van der Waals surface area contributed by atoms with Gasteiger partial charge < -0.3 is 4.42 Å². The SMILES string of the molecule is c1ccc(-c2cccc3nc(-c4cccc(-c5ccc(-c6cc(-c7ccccn7)nc(-c7ccccn7)c6)cc5)c4)c4oc5ccccc5c4c23)cc1. The van der Waals surface area contributed by atoms with Crippen LogP contribution in [0.4, 0.5) is 0 Å². The van der Waals surface area contributed by atoms with Crippen LogP contribution in [0.1, 0.15) is 0 Å². The Labute approximate surface area is 305 Å². The van der Waals surface area contributed by atoms with Crippen LogP contribution in [-0.4, -0.2) is 19.9 Å². The molecular weight excluding hydrogens is 649 g/mol. The van der Waals surface area contributed by atoms with Crippen molar-refractivity contribution in [3.63, 3.8) is 0 Å². The topological polar surface area (TPSA) is 64.7 Å². The Hall–Kier alpha value is -7.24. The highest BCUT2D eigenvalue weighted by atomic mass is 16.3. The molecule has 10 rings (SSSR count). The van der Waals surface area contributed by atoms with Crippen LogP contribution in [0.2, 0.25) is 0 Å². The number of hydrogen-bond acceptors (Lipinski definition) is 5. The van der Waals surface area contributed by atoms with Gasteiger partial charge in [0.2, 0.25) is 0 Å². The summed E-state index contributed by atoms with van der Waals surface area (Å²) in [5, 5.41) is 3.27. The largest absolute Gasteiger partial charge is 0.454 e. The van der Waals surface area contributed by atoms with Crippen molar-refractivity contribution in [2.75, 3.05) is 0 Å². The molecule has 0 aliphatic heterocycles. The van der Waals surface area contributed by atoms with Crippen molar-refractivity contribution >= 4 is 32.8 Å². The van der Waals surface area contributed by atoms with Crippen LogP contribution >= 0.6 is 0 Å². The van der Waals surface area contributed by atoms with Crippen LogP contribution in [0.3, 0.4) is 0 Å². The lowest BCUT2D eigenvalue weighted by Gasteiger charge is -2.12. The molecule has 5 aromatic heterocycles. The van der Waals surface area contributed by atoms with Crippen molar-refractivity contribution in [1.82, 2.24) is 19.9 Å². The van der Waals surface area contributed by atoms with Crippen LogP contribution in [0.25, 0.3) is 100 Å². The number of benzene rings is 5. The van der Waals surface area contributed by atoms with Gasteiger partial charge in [0.25, 0.3) is 0 Å². The molecule has 5 heterocycles. The lowest BCUT2D eigenvalue weighted by molar-refractivity contribution is 0.669. The summed E-state index contributed by atoms with van der Waals surface area (Å²) in [6.45, 7) is 0. The van der Waals surface area contributed by atoms with Crippen LogP contribution in [0.15, 0.2) is 187 Å². The fourth-order valence-corrected chi connectivity index (χ4v) is 7.27. The number of rotatable bonds is 6. The van der Waals surface area contributed by atoms with E-state index in [0.29, 0.717) is 0 Å². The van der Waals surface area contributed by atoms with E-state index in [1.54, 1.807) is 12.4 Å². The van der Waals surface area contributed by atoms with E-state index < -0.39 is 0 Å². The maximum Gasteiger partial charge on any atom is 0.162 e. The molecule has 0 amide bonds. The molecular formula is C48H30N4O. The summed E-state index contributed by atoms with van der Waals surface area (Å²) in [5.74, 6) is 0. The fraction of sp³-hybridized carbons (Fsp3) is 0. The third kappa shape index (κ3) is 5.52. The van der Waals surface area contributed by atoms with Crippen molar-refractivity contribution in [2.24, 2.45) is 0 Å². The number of fused-ring (bicyclic) bond motifs is 5. The molecule has 0 unspecified atom stereocenters. The number of nitrogens with zero attached hydrogens (tertiary/aromatic N) is 4. The highest BCUT2D eigenvalue weighted by Gasteiger charge is 2.20. The minimum atomic E-state index is 0.791.